The van der Waals surface area contributed by atoms with Crippen LogP contribution in [0.3, 0.4) is 0 Å². The third-order valence-electron chi connectivity index (χ3n) is 6.18. The number of H-pyrrole nitrogens is 1. The fraction of sp³-hybridized carbons (Fsp3) is 0.500. The van der Waals surface area contributed by atoms with Gasteiger partial charge in [0, 0.05) is 49.8 Å². The van der Waals surface area contributed by atoms with Crippen LogP contribution in [0, 0.1) is 23.2 Å². The van der Waals surface area contributed by atoms with E-state index >= 15 is 0 Å². The average Bonchev–Trinajstić information content (AvgIpc) is 3.26. The molecule has 0 aromatic carbocycles. The van der Waals surface area contributed by atoms with Gasteiger partial charge in [0.1, 0.15) is 17.7 Å². The van der Waals surface area contributed by atoms with E-state index < -0.39 is 0 Å². The molecule has 2 aliphatic heterocycles. The van der Waals surface area contributed by atoms with Crippen LogP contribution in [0.4, 0.5) is 11.6 Å². The monoisotopic (exact) mass is 362 g/mol. The summed E-state index contributed by atoms with van der Waals surface area (Å²) >= 11 is 0. The maximum absolute atomic E-state index is 11.2. The van der Waals surface area contributed by atoms with E-state index in [1.54, 1.807) is 6.07 Å². The molecule has 138 valence electrons. The number of fused-ring (bicyclic) bond motifs is 2. The third kappa shape index (κ3) is 2.85. The molecule has 2 atom stereocenters. The minimum absolute atomic E-state index is 0.174. The quantitative estimate of drug-likeness (QED) is 0.871. The summed E-state index contributed by atoms with van der Waals surface area (Å²) in [6.45, 7) is 3.69. The lowest BCUT2D eigenvalue weighted by molar-refractivity contribution is 0.533. The van der Waals surface area contributed by atoms with Gasteiger partial charge in [-0.15, -0.1) is 0 Å². The molecule has 2 saturated heterocycles. The van der Waals surface area contributed by atoms with E-state index in [-0.39, 0.29) is 5.56 Å². The summed E-state index contributed by atoms with van der Waals surface area (Å²) in [5, 5.41) is 16.3. The maximum atomic E-state index is 11.2. The van der Waals surface area contributed by atoms with Crippen molar-refractivity contribution < 1.29 is 0 Å². The zero-order valence-corrected chi connectivity index (χ0v) is 15.2. The number of nitrogens with one attached hydrogen (secondary N) is 1. The molecule has 2 unspecified atom stereocenters. The topological polar surface area (TPSA) is 88.9 Å². The Morgan fingerprint density at radius 3 is 2.52 bits per heavy atom. The standard InChI is InChI=1S/C20H22N6O/c21-8-14-7-13-3-1-2-4-17(13)22-20(14)26-11-15-9-25(10-16(15)12-26)18-5-6-19(27)24-23-18/h5-7,15-16H,1-4,9-12H2,(H,24,27). The van der Waals surface area contributed by atoms with Crippen molar-refractivity contribution in [3.05, 3.63) is 45.4 Å². The van der Waals surface area contributed by atoms with Crippen molar-refractivity contribution in [1.29, 1.82) is 5.26 Å². The number of hydrogen-bond acceptors (Lipinski definition) is 6. The molecule has 7 heteroatoms. The van der Waals surface area contributed by atoms with E-state index in [1.807, 2.05) is 0 Å². The van der Waals surface area contributed by atoms with Crippen LogP contribution in [0.1, 0.15) is 29.7 Å². The summed E-state index contributed by atoms with van der Waals surface area (Å²) in [6.07, 6.45) is 4.46. The molecule has 1 N–H and O–H groups in total. The van der Waals surface area contributed by atoms with Gasteiger partial charge in [-0.25, -0.2) is 10.1 Å². The van der Waals surface area contributed by atoms with E-state index in [0.717, 1.165) is 56.2 Å². The van der Waals surface area contributed by atoms with Gasteiger partial charge >= 0.3 is 0 Å². The molecule has 2 fully saturated rings. The number of hydrogen-bond donors (Lipinski definition) is 1. The Bertz CT molecular complexity index is 943. The van der Waals surface area contributed by atoms with Gasteiger partial charge < -0.3 is 9.80 Å². The highest BCUT2D eigenvalue weighted by Crippen LogP contribution is 2.36. The molecule has 5 rings (SSSR count). The number of nitrogens with zero attached hydrogens (tertiary/aromatic N) is 5. The second-order valence-electron chi connectivity index (χ2n) is 7.89. The highest BCUT2D eigenvalue weighted by Gasteiger charge is 2.41. The number of pyridine rings is 1. The lowest BCUT2D eigenvalue weighted by Crippen LogP contribution is -2.31. The Hall–Kier alpha value is -2.88. The molecule has 4 heterocycles. The van der Waals surface area contributed by atoms with Crippen LogP contribution in [0.2, 0.25) is 0 Å². The van der Waals surface area contributed by atoms with Gasteiger partial charge in [-0.1, -0.05) is 0 Å². The van der Waals surface area contributed by atoms with E-state index in [4.69, 9.17) is 4.98 Å². The van der Waals surface area contributed by atoms with E-state index in [9.17, 15) is 10.1 Å². The Kier molecular flexibility index (Phi) is 3.85. The lowest BCUT2D eigenvalue weighted by Gasteiger charge is -2.25. The molecule has 7 nitrogen and oxygen atoms in total. The van der Waals surface area contributed by atoms with Crippen LogP contribution in [-0.4, -0.2) is 41.4 Å². The number of aromatic nitrogens is 3. The molecular weight excluding hydrogens is 340 g/mol. The van der Waals surface area contributed by atoms with Crippen LogP contribution in [0.15, 0.2) is 23.0 Å². The summed E-state index contributed by atoms with van der Waals surface area (Å²) < 4.78 is 0. The van der Waals surface area contributed by atoms with Gasteiger partial charge in [-0.2, -0.15) is 10.4 Å². The lowest BCUT2D eigenvalue weighted by atomic mass is 9.95. The summed E-state index contributed by atoms with van der Waals surface area (Å²) in [6, 6.07) is 7.76. The van der Waals surface area contributed by atoms with Gasteiger partial charge in [-0.3, -0.25) is 4.79 Å². The second-order valence-corrected chi connectivity index (χ2v) is 7.89. The maximum Gasteiger partial charge on any atom is 0.264 e. The van der Waals surface area contributed by atoms with Crippen molar-refractivity contribution in [3.63, 3.8) is 0 Å². The van der Waals surface area contributed by atoms with Gasteiger partial charge in [-0.05, 0) is 43.4 Å². The highest BCUT2D eigenvalue weighted by atomic mass is 16.1. The molecule has 2 aromatic rings. The second kappa shape index (κ2) is 6.38. The molecule has 0 bridgehead atoms. The summed E-state index contributed by atoms with van der Waals surface area (Å²) in [7, 11) is 0. The Morgan fingerprint density at radius 2 is 1.81 bits per heavy atom. The SMILES string of the molecule is N#Cc1cc2c(nc1N1CC3CN(c4ccc(=O)[nH]n4)CC3C1)CCCC2. The van der Waals surface area contributed by atoms with E-state index in [1.165, 1.54) is 30.2 Å². The van der Waals surface area contributed by atoms with Gasteiger partial charge in [0.15, 0.2) is 0 Å². The molecule has 0 radical (unpaired) electrons. The van der Waals surface area contributed by atoms with Crippen LogP contribution in [0.25, 0.3) is 0 Å². The van der Waals surface area contributed by atoms with E-state index in [0.29, 0.717) is 11.8 Å². The molecule has 0 spiro atoms. The Morgan fingerprint density at radius 1 is 1.07 bits per heavy atom. The van der Waals surface area contributed by atoms with Crippen LogP contribution < -0.4 is 15.4 Å². The van der Waals surface area contributed by atoms with Crippen LogP contribution in [0.5, 0.6) is 0 Å². The highest BCUT2D eigenvalue weighted by molar-refractivity contribution is 5.57. The molecule has 3 aliphatic rings. The van der Waals surface area contributed by atoms with Crippen LogP contribution >= 0.6 is 0 Å². The predicted octanol–water partition coefficient (Wildman–Crippen LogP) is 1.49. The minimum atomic E-state index is -0.174. The first-order chi connectivity index (χ1) is 13.2. The van der Waals surface area contributed by atoms with Crippen molar-refractivity contribution in [3.8, 4) is 6.07 Å². The first-order valence-corrected chi connectivity index (χ1v) is 9.70. The number of aryl methyl sites for hydroxylation is 2. The molecule has 27 heavy (non-hydrogen) atoms. The summed E-state index contributed by atoms with van der Waals surface area (Å²) in [5.74, 6) is 2.77. The number of aromatic amines is 1. The normalized spacial score (nSPS) is 23.8. The first kappa shape index (κ1) is 16.3. The summed E-state index contributed by atoms with van der Waals surface area (Å²) in [5.41, 5.74) is 2.99. The molecule has 0 amide bonds. The smallest absolute Gasteiger partial charge is 0.264 e. The van der Waals surface area contributed by atoms with Gasteiger partial charge in [0.2, 0.25) is 0 Å². The molecule has 1 aliphatic carbocycles. The summed E-state index contributed by atoms with van der Waals surface area (Å²) in [4.78, 5) is 20.7. The Labute approximate surface area is 157 Å². The average molecular weight is 362 g/mol. The third-order valence-corrected chi connectivity index (χ3v) is 6.18. The largest absolute Gasteiger partial charge is 0.355 e. The van der Waals surface area contributed by atoms with Crippen molar-refractivity contribution in [2.75, 3.05) is 36.0 Å². The number of nitriles is 1. The van der Waals surface area contributed by atoms with Crippen molar-refractivity contribution in [2.45, 2.75) is 25.7 Å². The van der Waals surface area contributed by atoms with Gasteiger partial charge in [0.05, 0.1) is 5.56 Å². The van der Waals surface area contributed by atoms with Gasteiger partial charge in [0.25, 0.3) is 5.56 Å². The zero-order valence-electron chi connectivity index (χ0n) is 15.2. The van der Waals surface area contributed by atoms with Crippen molar-refractivity contribution in [2.24, 2.45) is 11.8 Å². The zero-order chi connectivity index (χ0) is 18.4. The number of rotatable bonds is 2. The predicted molar refractivity (Wildman–Crippen MR) is 102 cm³/mol. The number of anilines is 2. The van der Waals surface area contributed by atoms with E-state index in [2.05, 4.69) is 32.1 Å². The molecule has 2 aromatic heterocycles. The fourth-order valence-electron chi connectivity index (χ4n) is 4.81. The van der Waals surface area contributed by atoms with Crippen molar-refractivity contribution in [1.82, 2.24) is 15.2 Å². The van der Waals surface area contributed by atoms with Crippen molar-refractivity contribution >= 4 is 11.6 Å². The van der Waals surface area contributed by atoms with Crippen LogP contribution in [-0.2, 0) is 12.8 Å². The fourth-order valence-corrected chi connectivity index (χ4v) is 4.81. The minimum Gasteiger partial charge on any atom is -0.355 e. The molecular formula is C20H22N6O. The molecule has 0 saturated carbocycles. The first-order valence-electron chi connectivity index (χ1n) is 9.70. The Balaban J connectivity index is 1.35.